The quantitative estimate of drug-likeness (QED) is 0.0375. The van der Waals surface area contributed by atoms with Gasteiger partial charge < -0.3 is 14.2 Å². The van der Waals surface area contributed by atoms with Gasteiger partial charge in [0.05, 0.1) is 12.2 Å². The summed E-state index contributed by atoms with van der Waals surface area (Å²) in [6.07, 6.45) is 53.9. The fourth-order valence-electron chi connectivity index (χ4n) is 5.86. The first-order valence-corrected chi connectivity index (χ1v) is 20.7. The Bertz CT molecular complexity index is 636. The number of allylic oxidation sites excluding steroid dienone is 8. The van der Waals surface area contributed by atoms with E-state index in [0.717, 1.165) is 38.5 Å². The van der Waals surface area contributed by atoms with E-state index in [4.69, 9.17) is 14.2 Å². The first kappa shape index (κ1) is 45.8. The molecule has 47 heavy (non-hydrogen) atoms. The summed E-state index contributed by atoms with van der Waals surface area (Å²) in [4.78, 5) is 0. The molecule has 0 heterocycles. The molecule has 0 amide bonds. The highest BCUT2D eigenvalue weighted by molar-refractivity contribution is 5.02. The maximum absolute atomic E-state index is 6.29. The second-order valence-electron chi connectivity index (χ2n) is 13.7. The standard InChI is InChI=1S/C44H82O3/c1-5-9-13-17-21-23-25-27-31-35-39-43(37-33-29-19-15-11-7-3)46-41-45-42-47-44(38-34-30-20-16-12-8-4)40-36-32-28-26-24-22-18-14-10-6-2/h17-18,21-26,43-44H,5-16,19-20,27-42H2,1-4H3. The lowest BCUT2D eigenvalue weighted by Crippen LogP contribution is -2.19. The van der Waals surface area contributed by atoms with Crippen LogP contribution in [0.5, 0.6) is 0 Å². The fourth-order valence-corrected chi connectivity index (χ4v) is 5.86. The molecule has 0 N–H and O–H groups in total. The highest BCUT2D eigenvalue weighted by atomic mass is 16.7. The zero-order valence-corrected chi connectivity index (χ0v) is 32.2. The van der Waals surface area contributed by atoms with Crippen molar-refractivity contribution in [3.63, 3.8) is 0 Å². The fraction of sp³-hybridized carbons (Fsp3) is 0.818. The predicted octanol–water partition coefficient (Wildman–Crippen LogP) is 14.9. The topological polar surface area (TPSA) is 27.7 Å². The van der Waals surface area contributed by atoms with Gasteiger partial charge >= 0.3 is 0 Å². The van der Waals surface area contributed by atoms with E-state index in [9.17, 15) is 0 Å². The van der Waals surface area contributed by atoms with Gasteiger partial charge in [-0.3, -0.25) is 0 Å². The molecule has 0 radical (unpaired) electrons. The van der Waals surface area contributed by atoms with Gasteiger partial charge in [-0.1, -0.05) is 192 Å². The van der Waals surface area contributed by atoms with Crippen molar-refractivity contribution in [2.45, 2.75) is 220 Å². The van der Waals surface area contributed by atoms with Crippen molar-refractivity contribution in [2.75, 3.05) is 13.6 Å². The van der Waals surface area contributed by atoms with Crippen molar-refractivity contribution >= 4 is 0 Å². The molecule has 0 bridgehead atoms. The Hall–Kier alpha value is -1.16. The van der Waals surface area contributed by atoms with E-state index in [0.29, 0.717) is 25.8 Å². The van der Waals surface area contributed by atoms with Crippen LogP contribution >= 0.6 is 0 Å². The van der Waals surface area contributed by atoms with Gasteiger partial charge in [-0.05, 0) is 64.2 Å². The lowest BCUT2D eigenvalue weighted by molar-refractivity contribution is -0.168. The first-order chi connectivity index (χ1) is 23.3. The summed E-state index contributed by atoms with van der Waals surface area (Å²) >= 11 is 0. The van der Waals surface area contributed by atoms with Gasteiger partial charge in [0.2, 0.25) is 0 Å². The van der Waals surface area contributed by atoms with E-state index in [1.54, 1.807) is 0 Å². The van der Waals surface area contributed by atoms with Crippen LogP contribution in [-0.4, -0.2) is 25.8 Å². The molecule has 0 rings (SSSR count). The average Bonchev–Trinajstić information content (AvgIpc) is 3.08. The van der Waals surface area contributed by atoms with E-state index < -0.39 is 0 Å². The SMILES string of the molecule is CCCCC=CC=CCCCCC(CCCCCCCC)OCOCOC(CCCCC=CC=CCCCC)CCCCCCCC. The molecule has 0 aromatic rings. The monoisotopic (exact) mass is 659 g/mol. The van der Waals surface area contributed by atoms with Crippen molar-refractivity contribution in [1.82, 2.24) is 0 Å². The highest BCUT2D eigenvalue weighted by Crippen LogP contribution is 2.18. The highest BCUT2D eigenvalue weighted by Gasteiger charge is 2.11. The average molecular weight is 659 g/mol. The molecule has 0 aromatic carbocycles. The second kappa shape index (κ2) is 41.0. The van der Waals surface area contributed by atoms with Crippen molar-refractivity contribution in [3.05, 3.63) is 48.6 Å². The maximum atomic E-state index is 6.29. The van der Waals surface area contributed by atoms with Gasteiger partial charge in [0.25, 0.3) is 0 Å². The number of hydrogen-bond donors (Lipinski definition) is 0. The Kier molecular flexibility index (Phi) is 40.0. The Balaban J connectivity index is 4.51. The molecule has 0 aromatic heterocycles. The van der Waals surface area contributed by atoms with Crippen LogP contribution in [0.1, 0.15) is 207 Å². The summed E-state index contributed by atoms with van der Waals surface area (Å²) in [6.45, 7) is 9.77. The zero-order valence-electron chi connectivity index (χ0n) is 32.2. The van der Waals surface area contributed by atoms with E-state index in [-0.39, 0.29) is 0 Å². The smallest absolute Gasteiger partial charge is 0.149 e. The largest absolute Gasteiger partial charge is 0.352 e. The second-order valence-corrected chi connectivity index (χ2v) is 13.7. The maximum Gasteiger partial charge on any atom is 0.149 e. The number of hydrogen-bond acceptors (Lipinski definition) is 3. The minimum atomic E-state index is 0.299. The van der Waals surface area contributed by atoms with Gasteiger partial charge in [-0.25, -0.2) is 0 Å². The van der Waals surface area contributed by atoms with E-state index >= 15 is 0 Å². The molecule has 0 saturated heterocycles. The third kappa shape index (κ3) is 37.5. The van der Waals surface area contributed by atoms with Crippen LogP contribution < -0.4 is 0 Å². The first-order valence-electron chi connectivity index (χ1n) is 20.7. The minimum absolute atomic E-state index is 0.299. The summed E-state index contributed by atoms with van der Waals surface area (Å²) in [7, 11) is 0. The van der Waals surface area contributed by atoms with Gasteiger partial charge in [0.1, 0.15) is 13.6 Å². The predicted molar refractivity (Wildman–Crippen MR) is 209 cm³/mol. The van der Waals surface area contributed by atoms with E-state index in [1.165, 1.54) is 141 Å². The molecule has 0 saturated carbocycles. The molecule has 2 atom stereocenters. The van der Waals surface area contributed by atoms with E-state index in [2.05, 4.69) is 76.3 Å². The number of unbranched alkanes of at least 4 members (excludes halogenated alkanes) is 18. The van der Waals surface area contributed by atoms with Gasteiger partial charge in [-0.15, -0.1) is 0 Å². The lowest BCUT2D eigenvalue weighted by Gasteiger charge is -2.20. The number of rotatable bonds is 38. The molecule has 0 spiro atoms. The molecule has 3 nitrogen and oxygen atoms in total. The van der Waals surface area contributed by atoms with Crippen LogP contribution in [0.2, 0.25) is 0 Å². The molecule has 0 aliphatic carbocycles. The summed E-state index contributed by atoms with van der Waals surface area (Å²) < 4.78 is 18.5. The van der Waals surface area contributed by atoms with Crippen LogP contribution in [0.15, 0.2) is 48.6 Å². The Morgan fingerprint density at radius 1 is 0.340 bits per heavy atom. The van der Waals surface area contributed by atoms with Crippen molar-refractivity contribution in [3.8, 4) is 0 Å². The summed E-state index contributed by atoms with van der Waals surface area (Å²) in [5.74, 6) is 0. The van der Waals surface area contributed by atoms with E-state index in [1.807, 2.05) is 0 Å². The van der Waals surface area contributed by atoms with Gasteiger partial charge in [-0.2, -0.15) is 0 Å². The molecule has 0 aliphatic heterocycles. The molecule has 276 valence electrons. The molecule has 2 unspecified atom stereocenters. The Labute approximate surface area is 295 Å². The van der Waals surface area contributed by atoms with Crippen LogP contribution in [0.3, 0.4) is 0 Å². The summed E-state index contributed by atoms with van der Waals surface area (Å²) in [5, 5.41) is 0. The van der Waals surface area contributed by atoms with Gasteiger partial charge in [0, 0.05) is 0 Å². The van der Waals surface area contributed by atoms with Crippen LogP contribution in [-0.2, 0) is 14.2 Å². The third-order valence-corrected chi connectivity index (χ3v) is 9.04. The third-order valence-electron chi connectivity index (χ3n) is 9.04. The number of ether oxygens (including phenoxy) is 3. The van der Waals surface area contributed by atoms with Crippen LogP contribution in [0.25, 0.3) is 0 Å². The van der Waals surface area contributed by atoms with Crippen LogP contribution in [0.4, 0.5) is 0 Å². The van der Waals surface area contributed by atoms with Crippen molar-refractivity contribution in [1.29, 1.82) is 0 Å². The minimum Gasteiger partial charge on any atom is -0.352 e. The summed E-state index contributed by atoms with van der Waals surface area (Å²) in [5.41, 5.74) is 0. The van der Waals surface area contributed by atoms with Crippen molar-refractivity contribution < 1.29 is 14.2 Å². The molecular formula is C44H82O3. The molecule has 0 fully saturated rings. The summed E-state index contributed by atoms with van der Waals surface area (Å²) in [6, 6.07) is 0. The van der Waals surface area contributed by atoms with Crippen LogP contribution in [0, 0.1) is 0 Å². The lowest BCUT2D eigenvalue weighted by atomic mass is 10.0. The molecular weight excluding hydrogens is 576 g/mol. The van der Waals surface area contributed by atoms with Crippen molar-refractivity contribution in [2.24, 2.45) is 0 Å². The Morgan fingerprint density at radius 3 is 1.00 bits per heavy atom. The Morgan fingerprint density at radius 2 is 0.638 bits per heavy atom. The van der Waals surface area contributed by atoms with Gasteiger partial charge in [0.15, 0.2) is 0 Å². The zero-order chi connectivity index (χ0) is 34.1. The normalized spacial score (nSPS) is 13.7. The molecule has 0 aliphatic rings. The molecule has 3 heteroatoms.